The zero-order chi connectivity index (χ0) is 15.5. The van der Waals surface area contributed by atoms with Gasteiger partial charge in [0.05, 0.1) is 6.04 Å². The van der Waals surface area contributed by atoms with E-state index in [1.165, 1.54) is 0 Å². The van der Waals surface area contributed by atoms with Gasteiger partial charge in [-0.15, -0.1) is 5.10 Å². The molecule has 1 amide bonds. The Bertz CT molecular complexity index is 646. The van der Waals surface area contributed by atoms with Crippen molar-refractivity contribution in [2.45, 2.75) is 45.4 Å². The van der Waals surface area contributed by atoms with Crippen LogP contribution in [0.5, 0.6) is 5.75 Å². The van der Waals surface area contributed by atoms with Gasteiger partial charge in [0.15, 0.2) is 5.82 Å². The van der Waals surface area contributed by atoms with Crippen LogP contribution in [0.4, 0.5) is 0 Å². The van der Waals surface area contributed by atoms with E-state index in [9.17, 15) is 4.79 Å². The number of carbonyl (C=O) groups is 1. The number of hydrogen-bond donors (Lipinski definition) is 1. The van der Waals surface area contributed by atoms with Crippen LogP contribution in [0.25, 0.3) is 0 Å². The Morgan fingerprint density at radius 2 is 2.09 bits per heavy atom. The highest BCUT2D eigenvalue weighted by Crippen LogP contribution is 2.20. The Morgan fingerprint density at radius 1 is 1.36 bits per heavy atom. The Labute approximate surface area is 128 Å². The van der Waals surface area contributed by atoms with Gasteiger partial charge in [0.1, 0.15) is 12.4 Å². The van der Waals surface area contributed by atoms with E-state index in [1.807, 2.05) is 13.8 Å². The lowest BCUT2D eigenvalue weighted by Crippen LogP contribution is -2.25. The number of carbonyl (C=O) groups excluding carboxylic acids is 1. The molecule has 0 spiro atoms. The minimum absolute atomic E-state index is 0.0298. The first kappa shape index (κ1) is 14.5. The van der Waals surface area contributed by atoms with E-state index in [4.69, 9.17) is 4.74 Å². The summed E-state index contributed by atoms with van der Waals surface area (Å²) >= 11 is 0. The first-order chi connectivity index (χ1) is 10.6. The van der Waals surface area contributed by atoms with Gasteiger partial charge in [0, 0.05) is 11.6 Å². The van der Waals surface area contributed by atoms with Crippen LogP contribution in [0.2, 0.25) is 0 Å². The fourth-order valence-electron chi connectivity index (χ4n) is 2.06. The van der Waals surface area contributed by atoms with Crippen molar-refractivity contribution in [1.82, 2.24) is 25.5 Å². The Morgan fingerprint density at radius 3 is 2.73 bits per heavy atom. The van der Waals surface area contributed by atoms with Gasteiger partial charge in [-0.1, -0.05) is 0 Å². The predicted molar refractivity (Wildman–Crippen MR) is 79.5 cm³/mol. The summed E-state index contributed by atoms with van der Waals surface area (Å²) in [5.41, 5.74) is 0.645. The number of ether oxygens (including phenoxy) is 1. The third kappa shape index (κ3) is 3.41. The maximum atomic E-state index is 11.9. The third-order valence-electron chi connectivity index (χ3n) is 3.45. The summed E-state index contributed by atoms with van der Waals surface area (Å²) in [6.07, 6.45) is 2.16. The van der Waals surface area contributed by atoms with Crippen LogP contribution in [0.1, 0.15) is 48.9 Å². The summed E-state index contributed by atoms with van der Waals surface area (Å²) in [6, 6.07) is 7.63. The number of aromatic nitrogens is 4. The molecule has 1 aliphatic rings. The van der Waals surface area contributed by atoms with E-state index in [-0.39, 0.29) is 11.9 Å². The molecule has 2 aromatic rings. The van der Waals surface area contributed by atoms with Gasteiger partial charge < -0.3 is 10.1 Å². The molecule has 0 aliphatic heterocycles. The van der Waals surface area contributed by atoms with Gasteiger partial charge in [-0.3, -0.25) is 4.79 Å². The molecule has 0 saturated heterocycles. The van der Waals surface area contributed by atoms with Crippen LogP contribution in [0.15, 0.2) is 24.3 Å². The quantitative estimate of drug-likeness (QED) is 0.878. The zero-order valence-corrected chi connectivity index (χ0v) is 12.7. The summed E-state index contributed by atoms with van der Waals surface area (Å²) in [6.45, 7) is 4.30. The van der Waals surface area contributed by atoms with Crippen LogP contribution in [-0.2, 0) is 6.61 Å². The molecule has 1 heterocycles. The van der Waals surface area contributed by atoms with Crippen molar-refractivity contribution < 1.29 is 9.53 Å². The topological polar surface area (TPSA) is 81.9 Å². The normalized spacial score (nSPS) is 14.1. The summed E-state index contributed by atoms with van der Waals surface area (Å²) < 4.78 is 7.39. The van der Waals surface area contributed by atoms with E-state index < -0.39 is 0 Å². The molecule has 1 aromatic heterocycles. The number of hydrogen-bond acceptors (Lipinski definition) is 5. The summed E-state index contributed by atoms with van der Waals surface area (Å²) in [5.74, 6) is 1.32. The molecule has 116 valence electrons. The average molecular weight is 301 g/mol. The van der Waals surface area contributed by atoms with Crippen molar-refractivity contribution in [3.63, 3.8) is 0 Å². The van der Waals surface area contributed by atoms with Gasteiger partial charge in [-0.05, 0) is 61.4 Å². The molecule has 0 unspecified atom stereocenters. The lowest BCUT2D eigenvalue weighted by Gasteiger charge is -2.09. The Hall–Kier alpha value is -2.44. The number of benzene rings is 1. The zero-order valence-electron chi connectivity index (χ0n) is 12.7. The van der Waals surface area contributed by atoms with E-state index in [0.717, 1.165) is 12.8 Å². The van der Waals surface area contributed by atoms with Gasteiger partial charge in [0.2, 0.25) is 0 Å². The minimum Gasteiger partial charge on any atom is -0.486 e. The van der Waals surface area contributed by atoms with Crippen molar-refractivity contribution in [2.24, 2.45) is 0 Å². The van der Waals surface area contributed by atoms with Crippen LogP contribution in [-0.4, -0.2) is 32.2 Å². The lowest BCUT2D eigenvalue weighted by molar-refractivity contribution is 0.0951. The molecule has 3 rings (SSSR count). The van der Waals surface area contributed by atoms with Crippen LogP contribution < -0.4 is 10.1 Å². The Balaban J connectivity index is 1.58. The monoisotopic (exact) mass is 301 g/mol. The fourth-order valence-corrected chi connectivity index (χ4v) is 2.06. The molecule has 0 radical (unpaired) electrons. The average Bonchev–Trinajstić information content (AvgIpc) is 3.19. The largest absolute Gasteiger partial charge is 0.486 e. The smallest absolute Gasteiger partial charge is 0.251 e. The molecule has 0 atom stereocenters. The number of rotatable bonds is 6. The highest BCUT2D eigenvalue weighted by Gasteiger charge is 2.23. The highest BCUT2D eigenvalue weighted by molar-refractivity contribution is 5.94. The molecular formula is C15H19N5O2. The molecule has 7 nitrogen and oxygen atoms in total. The number of tetrazole rings is 1. The SMILES string of the molecule is CC(C)n1nnnc1COc1ccc(C(=O)NC2CC2)cc1. The van der Waals surface area contributed by atoms with Crippen molar-refractivity contribution in [1.29, 1.82) is 0 Å². The van der Waals surface area contributed by atoms with Gasteiger partial charge in [0.25, 0.3) is 5.91 Å². The maximum Gasteiger partial charge on any atom is 0.251 e. The second-order valence-corrected chi connectivity index (χ2v) is 5.69. The van der Waals surface area contributed by atoms with Crippen molar-refractivity contribution in [2.75, 3.05) is 0 Å². The van der Waals surface area contributed by atoms with Crippen molar-refractivity contribution in [3.05, 3.63) is 35.7 Å². The molecule has 1 aliphatic carbocycles. The van der Waals surface area contributed by atoms with E-state index >= 15 is 0 Å². The molecule has 7 heteroatoms. The van der Waals surface area contributed by atoms with Crippen LogP contribution >= 0.6 is 0 Å². The van der Waals surface area contributed by atoms with Gasteiger partial charge in [-0.25, -0.2) is 4.68 Å². The molecular weight excluding hydrogens is 282 g/mol. The van der Waals surface area contributed by atoms with E-state index in [0.29, 0.717) is 29.8 Å². The molecule has 1 N–H and O–H groups in total. The van der Waals surface area contributed by atoms with Crippen LogP contribution in [0, 0.1) is 0 Å². The molecule has 1 saturated carbocycles. The van der Waals surface area contributed by atoms with Crippen molar-refractivity contribution >= 4 is 5.91 Å². The Kier molecular flexibility index (Phi) is 4.04. The number of nitrogens with zero attached hydrogens (tertiary/aromatic N) is 4. The maximum absolute atomic E-state index is 11.9. The first-order valence-corrected chi connectivity index (χ1v) is 7.44. The summed E-state index contributed by atoms with van der Waals surface area (Å²) in [7, 11) is 0. The van der Waals surface area contributed by atoms with Gasteiger partial charge in [-0.2, -0.15) is 0 Å². The molecule has 0 bridgehead atoms. The van der Waals surface area contributed by atoms with Crippen LogP contribution in [0.3, 0.4) is 0 Å². The van der Waals surface area contributed by atoms with Gasteiger partial charge >= 0.3 is 0 Å². The third-order valence-corrected chi connectivity index (χ3v) is 3.45. The molecule has 22 heavy (non-hydrogen) atoms. The molecule has 1 fully saturated rings. The lowest BCUT2D eigenvalue weighted by atomic mass is 10.2. The second-order valence-electron chi connectivity index (χ2n) is 5.69. The minimum atomic E-state index is -0.0298. The summed E-state index contributed by atoms with van der Waals surface area (Å²) in [5, 5.41) is 14.5. The molecule has 1 aromatic carbocycles. The second kappa shape index (κ2) is 6.13. The van der Waals surface area contributed by atoms with E-state index in [2.05, 4.69) is 20.8 Å². The predicted octanol–water partition coefficient (Wildman–Crippen LogP) is 1.73. The number of nitrogens with one attached hydrogen (secondary N) is 1. The first-order valence-electron chi connectivity index (χ1n) is 7.44. The number of amides is 1. The fraction of sp³-hybridized carbons (Fsp3) is 0.467. The standard InChI is InChI=1S/C15H19N5O2/c1-10(2)20-14(17-18-19-20)9-22-13-7-3-11(4-8-13)15(21)16-12-5-6-12/h3-4,7-8,10,12H,5-6,9H2,1-2H3,(H,16,21). The highest BCUT2D eigenvalue weighted by atomic mass is 16.5. The van der Waals surface area contributed by atoms with E-state index in [1.54, 1.807) is 28.9 Å². The van der Waals surface area contributed by atoms with Crippen molar-refractivity contribution in [3.8, 4) is 5.75 Å². The summed E-state index contributed by atoms with van der Waals surface area (Å²) in [4.78, 5) is 11.9.